The molecular weight excluding hydrogens is 500 g/mol. The number of hydrogen-bond acceptors (Lipinski definition) is 2. The molecule has 0 aliphatic heterocycles. The van der Waals surface area contributed by atoms with Gasteiger partial charge < -0.3 is 4.42 Å². The third-order valence-electron chi connectivity index (χ3n) is 8.47. The van der Waals surface area contributed by atoms with Crippen LogP contribution < -0.4 is 5.63 Å². The fourth-order valence-corrected chi connectivity index (χ4v) is 6.51. The van der Waals surface area contributed by atoms with Crippen molar-refractivity contribution < 1.29 is 4.42 Å². The quantitative estimate of drug-likeness (QED) is 0.169. The van der Waals surface area contributed by atoms with E-state index in [-0.39, 0.29) is 11.5 Å². The lowest BCUT2D eigenvalue weighted by Crippen LogP contribution is -2.14. The van der Waals surface area contributed by atoms with Crippen molar-refractivity contribution >= 4 is 21.7 Å². The molecule has 0 amide bonds. The minimum atomic E-state index is -0.283. The van der Waals surface area contributed by atoms with Crippen molar-refractivity contribution in [3.8, 4) is 33.4 Å². The second kappa shape index (κ2) is 9.46. The predicted molar refractivity (Wildman–Crippen MR) is 168 cm³/mol. The van der Waals surface area contributed by atoms with Crippen LogP contribution in [-0.2, 0) is 6.42 Å². The van der Waals surface area contributed by atoms with Crippen molar-refractivity contribution in [2.24, 2.45) is 0 Å². The van der Waals surface area contributed by atoms with Crippen LogP contribution in [0.15, 0.2) is 149 Å². The molecule has 0 spiro atoms. The first-order valence-electron chi connectivity index (χ1n) is 14.1. The fraction of sp³-hybridized carbons (Fsp3) is 0.0513. The zero-order chi connectivity index (χ0) is 27.3. The van der Waals surface area contributed by atoms with Gasteiger partial charge in [0.05, 0.1) is 5.39 Å². The summed E-state index contributed by atoms with van der Waals surface area (Å²) in [6, 6.07) is 49.0. The minimum absolute atomic E-state index is 0.148. The van der Waals surface area contributed by atoms with E-state index in [1.807, 2.05) is 24.3 Å². The highest BCUT2D eigenvalue weighted by atomic mass is 16.4. The average molecular weight is 527 g/mol. The molecule has 1 aliphatic carbocycles. The molecule has 2 nitrogen and oxygen atoms in total. The Morgan fingerprint density at radius 1 is 0.512 bits per heavy atom. The summed E-state index contributed by atoms with van der Waals surface area (Å²) in [4.78, 5) is 13.1. The molecule has 41 heavy (non-hydrogen) atoms. The molecule has 8 rings (SSSR count). The van der Waals surface area contributed by atoms with Gasteiger partial charge in [0.15, 0.2) is 0 Å². The van der Waals surface area contributed by atoms with E-state index in [1.165, 1.54) is 50.1 Å². The Labute approximate surface area is 238 Å². The van der Waals surface area contributed by atoms with E-state index in [1.54, 1.807) is 0 Å². The molecule has 0 radical (unpaired) electrons. The zero-order valence-corrected chi connectivity index (χ0v) is 22.4. The third-order valence-corrected chi connectivity index (χ3v) is 8.47. The maximum Gasteiger partial charge on any atom is 0.344 e. The summed E-state index contributed by atoms with van der Waals surface area (Å²) in [5.41, 5.74) is 11.3. The van der Waals surface area contributed by atoms with Crippen LogP contribution in [0.5, 0.6) is 0 Å². The number of hydrogen-bond donors (Lipinski definition) is 0. The summed E-state index contributed by atoms with van der Waals surface area (Å²) in [5, 5.41) is 2.55. The van der Waals surface area contributed by atoms with Crippen LogP contribution in [0.2, 0.25) is 0 Å². The maximum absolute atomic E-state index is 13.1. The van der Waals surface area contributed by atoms with Gasteiger partial charge in [-0.15, -0.1) is 0 Å². The summed E-state index contributed by atoms with van der Waals surface area (Å²) in [6.07, 6.45) is 0.807. The van der Waals surface area contributed by atoms with Crippen molar-refractivity contribution in [3.63, 3.8) is 0 Å². The highest BCUT2D eigenvalue weighted by Gasteiger charge is 2.28. The van der Waals surface area contributed by atoms with Gasteiger partial charge in [0.25, 0.3) is 0 Å². The summed E-state index contributed by atoms with van der Waals surface area (Å²) < 4.78 is 5.72. The fourth-order valence-electron chi connectivity index (χ4n) is 6.51. The van der Waals surface area contributed by atoms with Crippen LogP contribution in [0.1, 0.15) is 22.6 Å². The molecule has 6 aromatic carbocycles. The highest BCUT2D eigenvalue weighted by Crippen LogP contribution is 2.45. The molecule has 1 aliphatic rings. The van der Waals surface area contributed by atoms with Gasteiger partial charge in [-0.05, 0) is 80.8 Å². The molecular formula is C39H26O2. The Morgan fingerprint density at radius 2 is 1.15 bits per heavy atom. The van der Waals surface area contributed by atoms with Gasteiger partial charge in [-0.3, -0.25) is 0 Å². The molecule has 0 N–H and O–H groups in total. The number of para-hydroxylation sites is 1. The molecule has 1 atom stereocenters. The number of fused-ring (bicyclic) bond motifs is 6. The van der Waals surface area contributed by atoms with Crippen LogP contribution in [0.3, 0.4) is 0 Å². The lowest BCUT2D eigenvalue weighted by molar-refractivity contribution is 0.569. The van der Waals surface area contributed by atoms with Crippen molar-refractivity contribution in [2.45, 2.75) is 12.3 Å². The molecule has 1 heterocycles. The normalized spacial score (nSPS) is 14.1. The predicted octanol–water partition coefficient (Wildman–Crippen LogP) is 9.64. The molecule has 0 bridgehead atoms. The first-order chi connectivity index (χ1) is 20.2. The molecule has 194 valence electrons. The smallest absolute Gasteiger partial charge is 0.344 e. The van der Waals surface area contributed by atoms with E-state index in [4.69, 9.17) is 4.42 Å². The first-order valence-corrected chi connectivity index (χ1v) is 14.1. The monoisotopic (exact) mass is 526 g/mol. The van der Waals surface area contributed by atoms with Gasteiger partial charge in [-0.25, -0.2) is 4.79 Å². The molecule has 2 heteroatoms. The molecule has 0 fully saturated rings. The summed E-state index contributed by atoms with van der Waals surface area (Å²) in [7, 11) is 0. The van der Waals surface area contributed by atoms with E-state index in [2.05, 4.69) is 115 Å². The lowest BCUT2D eigenvalue weighted by Gasteiger charge is -2.29. The molecule has 7 aromatic rings. The minimum Gasteiger partial charge on any atom is -0.422 e. The van der Waals surface area contributed by atoms with Crippen LogP contribution in [-0.4, -0.2) is 0 Å². The highest BCUT2D eigenvalue weighted by molar-refractivity contribution is 6.06. The van der Waals surface area contributed by atoms with Crippen LogP contribution in [0.4, 0.5) is 0 Å². The molecule has 1 aromatic heterocycles. The maximum atomic E-state index is 13.1. The Bertz CT molecular complexity index is 2080. The molecule has 0 saturated carbocycles. The summed E-state index contributed by atoms with van der Waals surface area (Å²) in [5.74, 6) is 0.148. The summed E-state index contributed by atoms with van der Waals surface area (Å²) >= 11 is 0. The van der Waals surface area contributed by atoms with Gasteiger partial charge >= 0.3 is 5.63 Å². The summed E-state index contributed by atoms with van der Waals surface area (Å²) in [6.45, 7) is 0. The van der Waals surface area contributed by atoms with E-state index < -0.39 is 0 Å². The van der Waals surface area contributed by atoms with E-state index in [0.29, 0.717) is 11.0 Å². The van der Waals surface area contributed by atoms with Crippen molar-refractivity contribution in [2.75, 3.05) is 0 Å². The lowest BCUT2D eigenvalue weighted by atomic mass is 9.74. The van der Waals surface area contributed by atoms with Crippen molar-refractivity contribution in [1.29, 1.82) is 0 Å². The standard InChI is InChI=1S/C39H26O2/c40-39-37-23-30-22-34(29-20-27(25-11-3-1-4-12-25)19-28(21-29)26-13-5-2-6-14-26)31-15-7-8-16-32(31)35(30)24-36(37)33-17-9-10-18-38(33)41-39/h1-21,23-24,34H,22H2. The van der Waals surface area contributed by atoms with Crippen LogP contribution in [0, 0.1) is 0 Å². The van der Waals surface area contributed by atoms with Gasteiger partial charge in [-0.2, -0.15) is 0 Å². The average Bonchev–Trinajstić information content (AvgIpc) is 3.04. The third kappa shape index (κ3) is 3.99. The van der Waals surface area contributed by atoms with E-state index >= 15 is 0 Å². The van der Waals surface area contributed by atoms with Crippen LogP contribution in [0.25, 0.3) is 55.1 Å². The SMILES string of the molecule is O=c1oc2ccccc2c2cc3c(cc12)CC(c1cc(-c2ccccc2)cc(-c2ccccc2)c1)c1ccccc1-3. The number of rotatable bonds is 3. The Kier molecular flexibility index (Phi) is 5.46. The second-order valence-corrected chi connectivity index (χ2v) is 10.9. The van der Waals surface area contributed by atoms with Gasteiger partial charge in [0.2, 0.25) is 0 Å². The Balaban J connectivity index is 1.35. The zero-order valence-electron chi connectivity index (χ0n) is 22.4. The van der Waals surface area contributed by atoms with Gasteiger partial charge in [0.1, 0.15) is 5.58 Å². The largest absolute Gasteiger partial charge is 0.422 e. The van der Waals surface area contributed by atoms with Crippen molar-refractivity contribution in [1.82, 2.24) is 0 Å². The van der Waals surface area contributed by atoms with Gasteiger partial charge in [0, 0.05) is 16.7 Å². The Hall–Kier alpha value is -5.21. The van der Waals surface area contributed by atoms with Crippen molar-refractivity contribution in [3.05, 3.63) is 167 Å². The van der Waals surface area contributed by atoms with Crippen LogP contribution >= 0.6 is 0 Å². The van der Waals surface area contributed by atoms with E-state index in [9.17, 15) is 4.79 Å². The Morgan fingerprint density at radius 3 is 1.88 bits per heavy atom. The second-order valence-electron chi connectivity index (χ2n) is 10.9. The molecule has 1 unspecified atom stereocenters. The topological polar surface area (TPSA) is 30.2 Å². The number of benzene rings is 6. The molecule has 0 saturated heterocycles. The van der Waals surface area contributed by atoms with E-state index in [0.717, 1.165) is 17.2 Å². The van der Waals surface area contributed by atoms with Gasteiger partial charge in [-0.1, -0.05) is 115 Å². The first kappa shape index (κ1) is 23.7.